The molecule has 3 heterocycles. The Hall–Kier alpha value is -2.67. The Morgan fingerprint density at radius 2 is 2.04 bits per heavy atom. The summed E-state index contributed by atoms with van der Waals surface area (Å²) < 4.78 is 0. The number of aliphatic imine (C=N–C) groups is 1. The van der Waals surface area contributed by atoms with Crippen LogP contribution in [0.2, 0.25) is 0 Å². The van der Waals surface area contributed by atoms with Crippen molar-refractivity contribution in [3.63, 3.8) is 0 Å². The number of nitrogens with one attached hydrogen (secondary N) is 1. The van der Waals surface area contributed by atoms with Gasteiger partial charge in [0.1, 0.15) is 0 Å². The van der Waals surface area contributed by atoms with Crippen LogP contribution in [0, 0.1) is 0 Å². The first-order valence-electron chi connectivity index (χ1n) is 8.99. The van der Waals surface area contributed by atoms with E-state index in [4.69, 9.17) is 0 Å². The zero-order valence-electron chi connectivity index (χ0n) is 14.5. The molecule has 0 amide bonds. The van der Waals surface area contributed by atoms with Gasteiger partial charge in [0.2, 0.25) is 0 Å². The van der Waals surface area contributed by atoms with E-state index in [-0.39, 0.29) is 17.1 Å². The van der Waals surface area contributed by atoms with Crippen LogP contribution in [0.5, 0.6) is 11.5 Å². The van der Waals surface area contributed by atoms with Gasteiger partial charge in [-0.3, -0.25) is 14.7 Å². The monoisotopic (exact) mass is 354 g/mol. The number of aromatic nitrogens is 2. The lowest BCUT2D eigenvalue weighted by atomic mass is 10.0. The van der Waals surface area contributed by atoms with Crippen molar-refractivity contribution in [3.05, 3.63) is 51.2 Å². The molecule has 2 aliphatic heterocycles. The number of phenols is 2. The van der Waals surface area contributed by atoms with Gasteiger partial charge in [-0.2, -0.15) is 0 Å². The largest absolute Gasteiger partial charge is 0.504 e. The summed E-state index contributed by atoms with van der Waals surface area (Å²) >= 11 is 0. The van der Waals surface area contributed by atoms with Crippen LogP contribution in [0.25, 0.3) is 0 Å². The minimum Gasteiger partial charge on any atom is -0.504 e. The molecule has 0 saturated carbocycles. The maximum absolute atomic E-state index is 12.6. The predicted octanol–water partition coefficient (Wildman–Crippen LogP) is 1.71. The number of rotatable bonds is 3. The van der Waals surface area contributed by atoms with Crippen LogP contribution in [0.4, 0.5) is 0 Å². The molecule has 1 aromatic heterocycles. The molecular formula is C19H22N4O3. The van der Waals surface area contributed by atoms with Crippen molar-refractivity contribution in [3.8, 4) is 11.5 Å². The number of benzene rings is 1. The van der Waals surface area contributed by atoms with Gasteiger partial charge < -0.3 is 15.2 Å². The molecule has 1 aromatic carbocycles. The van der Waals surface area contributed by atoms with Crippen molar-refractivity contribution in [2.45, 2.75) is 38.8 Å². The molecule has 7 heteroatoms. The maximum atomic E-state index is 12.6. The van der Waals surface area contributed by atoms with Gasteiger partial charge >= 0.3 is 0 Å². The van der Waals surface area contributed by atoms with Crippen LogP contribution in [-0.2, 0) is 19.5 Å². The van der Waals surface area contributed by atoms with Crippen LogP contribution in [0.3, 0.4) is 0 Å². The molecule has 0 radical (unpaired) electrons. The molecule has 0 bridgehead atoms. The molecule has 0 atom stereocenters. The first-order chi connectivity index (χ1) is 12.6. The summed E-state index contributed by atoms with van der Waals surface area (Å²) in [6.07, 6.45) is 3.77. The lowest BCUT2D eigenvalue weighted by Gasteiger charge is -2.28. The zero-order valence-corrected chi connectivity index (χ0v) is 14.5. The minimum absolute atomic E-state index is 0.0865. The second-order valence-electron chi connectivity index (χ2n) is 6.91. The van der Waals surface area contributed by atoms with Gasteiger partial charge in [0.05, 0.1) is 17.0 Å². The third-order valence-electron chi connectivity index (χ3n) is 4.99. The van der Waals surface area contributed by atoms with Crippen LogP contribution < -0.4 is 5.56 Å². The van der Waals surface area contributed by atoms with E-state index < -0.39 is 0 Å². The number of phenolic OH excluding ortho intramolecular Hbond substituents is 2. The molecule has 0 saturated heterocycles. The Kier molecular flexibility index (Phi) is 4.46. The smallest absolute Gasteiger partial charge is 0.255 e. The van der Waals surface area contributed by atoms with Crippen LogP contribution in [0.1, 0.15) is 41.9 Å². The van der Waals surface area contributed by atoms with Gasteiger partial charge in [-0.15, -0.1) is 0 Å². The van der Waals surface area contributed by atoms with E-state index in [9.17, 15) is 15.0 Å². The van der Waals surface area contributed by atoms with E-state index in [1.54, 1.807) is 12.1 Å². The maximum Gasteiger partial charge on any atom is 0.255 e. The molecule has 2 aromatic rings. The number of H-pyrrole nitrogens is 1. The fraction of sp³-hybridized carbons (Fsp3) is 0.421. The highest BCUT2D eigenvalue weighted by atomic mass is 16.3. The summed E-state index contributed by atoms with van der Waals surface area (Å²) in [5.41, 5.74) is 3.29. The highest BCUT2D eigenvalue weighted by molar-refractivity contribution is 5.97. The highest BCUT2D eigenvalue weighted by Gasteiger charge is 2.23. The number of hydrogen-bond donors (Lipinski definition) is 3. The Labute approximate surface area is 151 Å². The number of fused-ring (bicyclic) bond motifs is 1. The van der Waals surface area contributed by atoms with Crippen molar-refractivity contribution < 1.29 is 10.2 Å². The Bertz CT molecular complexity index is 919. The molecule has 2 aliphatic rings. The van der Waals surface area contributed by atoms with Gasteiger partial charge in [0, 0.05) is 32.6 Å². The van der Waals surface area contributed by atoms with E-state index in [1.165, 1.54) is 6.07 Å². The normalized spacial score (nSPS) is 17.6. The van der Waals surface area contributed by atoms with Gasteiger partial charge in [-0.05, 0) is 37.0 Å². The molecule has 0 aliphatic carbocycles. The van der Waals surface area contributed by atoms with Crippen molar-refractivity contribution in [2.75, 3.05) is 13.1 Å². The number of nitrogens with zero attached hydrogens (tertiary/aromatic N) is 3. The summed E-state index contributed by atoms with van der Waals surface area (Å²) in [5, 5.41) is 19.1. The summed E-state index contributed by atoms with van der Waals surface area (Å²) in [5.74, 6) is 0.374. The molecule has 0 spiro atoms. The summed E-state index contributed by atoms with van der Waals surface area (Å²) in [7, 11) is 0. The molecule has 7 nitrogen and oxygen atoms in total. The third-order valence-corrected chi connectivity index (χ3v) is 4.99. The van der Waals surface area contributed by atoms with Gasteiger partial charge in [0.15, 0.2) is 17.3 Å². The van der Waals surface area contributed by atoms with Crippen molar-refractivity contribution >= 4 is 5.71 Å². The minimum atomic E-state index is -0.128. The topological polar surface area (TPSA) is 102 Å². The van der Waals surface area contributed by atoms with Gasteiger partial charge in [0.25, 0.3) is 5.56 Å². The first-order valence-corrected chi connectivity index (χ1v) is 8.99. The predicted molar refractivity (Wildman–Crippen MR) is 97.7 cm³/mol. The van der Waals surface area contributed by atoms with Crippen LogP contribution in [0.15, 0.2) is 28.0 Å². The Balaban J connectivity index is 1.54. The fourth-order valence-electron chi connectivity index (χ4n) is 3.57. The summed E-state index contributed by atoms with van der Waals surface area (Å²) in [6, 6.07) is 4.81. The van der Waals surface area contributed by atoms with E-state index in [1.807, 2.05) is 0 Å². The third kappa shape index (κ3) is 3.35. The quantitative estimate of drug-likeness (QED) is 0.729. The molecule has 4 rings (SSSR count). The highest BCUT2D eigenvalue weighted by Crippen LogP contribution is 2.26. The average Bonchev–Trinajstić information content (AvgIpc) is 2.66. The lowest BCUT2D eigenvalue weighted by Crippen LogP contribution is -2.36. The number of hydrogen-bond acceptors (Lipinski definition) is 6. The van der Waals surface area contributed by atoms with E-state index in [2.05, 4.69) is 19.9 Å². The molecule has 136 valence electrons. The van der Waals surface area contributed by atoms with Crippen molar-refractivity contribution in [1.82, 2.24) is 14.9 Å². The van der Waals surface area contributed by atoms with Crippen molar-refractivity contribution in [2.24, 2.45) is 4.99 Å². The summed E-state index contributed by atoms with van der Waals surface area (Å²) in [6.45, 7) is 2.72. The van der Waals surface area contributed by atoms with E-state index in [0.29, 0.717) is 30.9 Å². The lowest BCUT2D eigenvalue weighted by molar-refractivity contribution is 0.241. The first kappa shape index (κ1) is 16.8. The summed E-state index contributed by atoms with van der Waals surface area (Å²) in [4.78, 5) is 26.8. The van der Waals surface area contributed by atoms with Gasteiger partial charge in [-0.25, -0.2) is 4.98 Å². The second-order valence-corrected chi connectivity index (χ2v) is 6.91. The Morgan fingerprint density at radius 3 is 2.81 bits per heavy atom. The molecule has 0 fully saturated rings. The zero-order chi connectivity index (χ0) is 18.1. The molecule has 0 unspecified atom stereocenters. The standard InChI is InChI=1S/C19H22N4O3/c24-16-5-4-12(9-17(16)25)10-23-8-6-14-13(11-23)19(26)22-18(21-14)15-3-1-2-7-20-15/h4-5,9,24-25H,1-3,6-8,10-11H2,(H,21,22,26). The fourth-order valence-corrected chi connectivity index (χ4v) is 3.57. The number of aromatic amines is 1. The second kappa shape index (κ2) is 6.92. The Morgan fingerprint density at radius 1 is 1.15 bits per heavy atom. The molecule has 26 heavy (non-hydrogen) atoms. The van der Waals surface area contributed by atoms with E-state index in [0.717, 1.165) is 49.3 Å². The number of aromatic hydroxyl groups is 2. The van der Waals surface area contributed by atoms with Crippen molar-refractivity contribution in [1.29, 1.82) is 0 Å². The van der Waals surface area contributed by atoms with Crippen LogP contribution in [-0.4, -0.2) is 43.9 Å². The SMILES string of the molecule is O=c1[nH]c(C2=NCCCC2)nc2c1CN(Cc1ccc(O)c(O)c1)CC2. The average molecular weight is 354 g/mol. The molecular weight excluding hydrogens is 332 g/mol. The van der Waals surface area contributed by atoms with E-state index >= 15 is 0 Å². The van der Waals surface area contributed by atoms with Crippen LogP contribution >= 0.6 is 0 Å². The molecule has 3 N–H and O–H groups in total. The van der Waals surface area contributed by atoms with Gasteiger partial charge in [-0.1, -0.05) is 6.07 Å².